The van der Waals surface area contributed by atoms with Crippen LogP contribution in [0.15, 0.2) is 12.2 Å². The molecule has 0 aromatic rings. The predicted molar refractivity (Wildman–Crippen MR) is 66.7 cm³/mol. The second-order valence-corrected chi connectivity index (χ2v) is 5.89. The molecule has 4 atom stereocenters. The molecule has 0 aromatic carbocycles. The van der Waals surface area contributed by atoms with Gasteiger partial charge in [-0.1, -0.05) is 12.2 Å². The van der Waals surface area contributed by atoms with Crippen molar-refractivity contribution in [3.05, 3.63) is 12.2 Å². The molecule has 3 aliphatic carbocycles. The molecule has 1 aliphatic heterocycles. The molecule has 104 valence electrons. The van der Waals surface area contributed by atoms with Crippen molar-refractivity contribution in [1.82, 2.24) is 5.06 Å². The summed E-state index contributed by atoms with van der Waals surface area (Å²) in [4.78, 5) is 28.8. The Morgan fingerprint density at radius 2 is 2.00 bits per heavy atom. The van der Waals surface area contributed by atoms with Crippen LogP contribution in [0, 0.1) is 23.7 Å². The molecular formula is C14H19NO4. The lowest BCUT2D eigenvalue weighted by Crippen LogP contribution is -2.37. The van der Waals surface area contributed by atoms with E-state index in [0.29, 0.717) is 24.3 Å². The van der Waals surface area contributed by atoms with Crippen LogP contribution >= 0.6 is 0 Å². The van der Waals surface area contributed by atoms with Crippen molar-refractivity contribution in [2.45, 2.75) is 32.8 Å². The van der Waals surface area contributed by atoms with E-state index in [1.54, 1.807) is 13.8 Å². The van der Waals surface area contributed by atoms with Gasteiger partial charge in [0.25, 0.3) is 5.91 Å². The van der Waals surface area contributed by atoms with Crippen LogP contribution in [-0.4, -0.2) is 29.8 Å². The van der Waals surface area contributed by atoms with E-state index in [0.717, 1.165) is 12.8 Å². The lowest BCUT2D eigenvalue weighted by Gasteiger charge is -2.39. The Bertz CT molecular complexity index is 431. The van der Waals surface area contributed by atoms with Gasteiger partial charge in [0.1, 0.15) is 0 Å². The molecule has 1 amide bonds. The number of hydrogen-bond acceptors (Lipinski definition) is 4. The monoisotopic (exact) mass is 265 g/mol. The summed E-state index contributed by atoms with van der Waals surface area (Å²) < 4.78 is 4.91. The quantitative estimate of drug-likeness (QED) is 0.567. The molecule has 0 N–H and O–H groups in total. The van der Waals surface area contributed by atoms with Crippen LogP contribution in [0.1, 0.15) is 26.7 Å². The van der Waals surface area contributed by atoms with Crippen molar-refractivity contribution >= 4 is 12.1 Å². The van der Waals surface area contributed by atoms with Crippen LogP contribution < -0.4 is 0 Å². The fraction of sp³-hybridized carbons (Fsp3) is 0.714. The zero-order valence-corrected chi connectivity index (χ0v) is 11.2. The molecule has 4 rings (SSSR count). The summed E-state index contributed by atoms with van der Waals surface area (Å²) >= 11 is 0. The van der Waals surface area contributed by atoms with Crippen molar-refractivity contribution in [2.75, 3.05) is 6.54 Å². The molecule has 19 heavy (non-hydrogen) atoms. The van der Waals surface area contributed by atoms with Gasteiger partial charge in [0.05, 0.1) is 18.6 Å². The molecule has 2 fully saturated rings. The van der Waals surface area contributed by atoms with Crippen LogP contribution in [0.4, 0.5) is 4.79 Å². The van der Waals surface area contributed by atoms with E-state index in [4.69, 9.17) is 9.57 Å². The number of fused-ring (bicyclic) bond motifs is 1. The number of rotatable bonds is 2. The molecular weight excluding hydrogens is 246 g/mol. The Balaban J connectivity index is 1.67. The molecule has 1 heterocycles. The van der Waals surface area contributed by atoms with Crippen molar-refractivity contribution in [1.29, 1.82) is 0 Å². The average molecular weight is 265 g/mol. The third-order valence-corrected chi connectivity index (χ3v) is 4.34. The molecule has 4 unspecified atom stereocenters. The van der Waals surface area contributed by atoms with Crippen LogP contribution in [0.2, 0.25) is 0 Å². The first-order chi connectivity index (χ1) is 9.06. The zero-order chi connectivity index (χ0) is 13.6. The Morgan fingerprint density at radius 3 is 2.58 bits per heavy atom. The van der Waals surface area contributed by atoms with Gasteiger partial charge in [-0.2, -0.15) is 5.06 Å². The highest BCUT2D eigenvalue weighted by Crippen LogP contribution is 2.48. The molecule has 2 bridgehead atoms. The number of ether oxygens (including phenoxy) is 1. The number of nitrogens with zero attached hydrogens (tertiary/aromatic N) is 1. The smallest absolute Gasteiger partial charge is 0.430 e. The van der Waals surface area contributed by atoms with Gasteiger partial charge in [0.15, 0.2) is 0 Å². The number of amides is 1. The molecule has 0 aromatic heterocycles. The number of carbonyl (C=O) groups is 2. The van der Waals surface area contributed by atoms with Gasteiger partial charge in [-0.25, -0.2) is 4.79 Å². The average Bonchev–Trinajstić information content (AvgIpc) is 2.69. The van der Waals surface area contributed by atoms with Gasteiger partial charge in [-0.05, 0) is 44.4 Å². The maximum absolute atomic E-state index is 12.3. The Morgan fingerprint density at radius 1 is 1.32 bits per heavy atom. The van der Waals surface area contributed by atoms with Crippen molar-refractivity contribution in [3.8, 4) is 0 Å². The summed E-state index contributed by atoms with van der Waals surface area (Å²) in [5.74, 6) is 0.995. The van der Waals surface area contributed by atoms with Crippen molar-refractivity contribution in [3.63, 3.8) is 0 Å². The number of carbonyl (C=O) groups excluding carboxylic acids is 2. The van der Waals surface area contributed by atoms with E-state index in [1.807, 2.05) is 0 Å². The van der Waals surface area contributed by atoms with Gasteiger partial charge in [0.2, 0.25) is 0 Å². The number of hydrogen-bond donors (Lipinski definition) is 0. The van der Waals surface area contributed by atoms with Crippen molar-refractivity contribution in [2.24, 2.45) is 23.7 Å². The Labute approximate surface area is 112 Å². The summed E-state index contributed by atoms with van der Waals surface area (Å²) in [6, 6.07) is 0. The molecule has 1 saturated carbocycles. The van der Waals surface area contributed by atoms with Crippen LogP contribution in [0.5, 0.6) is 0 Å². The summed E-state index contributed by atoms with van der Waals surface area (Å²) in [7, 11) is 0. The minimum absolute atomic E-state index is 0.00407. The van der Waals surface area contributed by atoms with E-state index < -0.39 is 6.16 Å². The third-order valence-electron chi connectivity index (χ3n) is 4.34. The SMILES string of the molecule is CC(C)OC(=O)ON1CC2C3C=CC(CC3)C2C1=O. The van der Waals surface area contributed by atoms with E-state index in [9.17, 15) is 9.59 Å². The second-order valence-electron chi connectivity index (χ2n) is 5.89. The van der Waals surface area contributed by atoms with E-state index >= 15 is 0 Å². The van der Waals surface area contributed by atoms with E-state index in [2.05, 4.69) is 12.2 Å². The van der Waals surface area contributed by atoms with Crippen LogP contribution in [-0.2, 0) is 14.4 Å². The maximum Gasteiger partial charge on any atom is 0.533 e. The second kappa shape index (κ2) is 4.54. The van der Waals surface area contributed by atoms with E-state index in [1.165, 1.54) is 5.06 Å². The van der Waals surface area contributed by atoms with Gasteiger partial charge >= 0.3 is 6.16 Å². The maximum atomic E-state index is 12.3. The summed E-state index contributed by atoms with van der Waals surface area (Å²) in [6.45, 7) is 4.00. The van der Waals surface area contributed by atoms with Gasteiger partial charge in [-0.3, -0.25) is 4.79 Å². The van der Waals surface area contributed by atoms with Gasteiger partial charge < -0.3 is 9.57 Å². The highest BCUT2D eigenvalue weighted by molar-refractivity contribution is 5.82. The fourth-order valence-electron chi connectivity index (χ4n) is 3.55. The minimum atomic E-state index is -0.790. The molecule has 0 spiro atoms. The van der Waals surface area contributed by atoms with Crippen LogP contribution in [0.3, 0.4) is 0 Å². The molecule has 0 radical (unpaired) electrons. The minimum Gasteiger partial charge on any atom is -0.430 e. The first-order valence-corrected chi connectivity index (χ1v) is 6.94. The molecule has 5 nitrogen and oxygen atoms in total. The number of allylic oxidation sites excluding steroid dienone is 2. The van der Waals surface area contributed by atoms with E-state index in [-0.39, 0.29) is 17.9 Å². The fourth-order valence-corrected chi connectivity index (χ4v) is 3.55. The number of hydroxylamine groups is 2. The first kappa shape index (κ1) is 12.5. The standard InChI is InChI=1S/C14H19NO4/c1-8(2)18-14(17)19-15-7-11-9-3-5-10(6-4-9)12(11)13(15)16/h3,5,8-12H,4,6-7H2,1-2H3. The molecule has 1 saturated heterocycles. The zero-order valence-electron chi connectivity index (χ0n) is 11.2. The Kier molecular flexibility index (Phi) is 2.99. The summed E-state index contributed by atoms with van der Waals surface area (Å²) in [5, 5.41) is 1.21. The topological polar surface area (TPSA) is 55.8 Å². The third kappa shape index (κ3) is 2.11. The lowest BCUT2D eigenvalue weighted by atomic mass is 9.63. The molecule has 4 aliphatic rings. The molecule has 5 heteroatoms. The predicted octanol–water partition coefficient (Wildman–Crippen LogP) is 2.13. The normalized spacial score (nSPS) is 35.7. The highest BCUT2D eigenvalue weighted by atomic mass is 16.8. The highest BCUT2D eigenvalue weighted by Gasteiger charge is 2.52. The first-order valence-electron chi connectivity index (χ1n) is 6.94. The lowest BCUT2D eigenvalue weighted by molar-refractivity contribution is -0.169. The summed E-state index contributed by atoms with van der Waals surface area (Å²) in [5.41, 5.74) is 0. The van der Waals surface area contributed by atoms with Crippen molar-refractivity contribution < 1.29 is 19.2 Å². The van der Waals surface area contributed by atoms with Gasteiger partial charge in [-0.15, -0.1) is 0 Å². The largest absolute Gasteiger partial charge is 0.533 e. The van der Waals surface area contributed by atoms with Crippen LogP contribution in [0.25, 0.3) is 0 Å². The Hall–Kier alpha value is -1.52. The summed E-state index contributed by atoms with van der Waals surface area (Å²) in [6.07, 6.45) is 5.55. The van der Waals surface area contributed by atoms with Gasteiger partial charge in [0, 0.05) is 0 Å².